The standard InChI is InChI=1S/C12H21N3O2/c1-7(2)15-9(4)11(17-12(15)16)10(14-5)6-8(3)13/h6-7,9,11H,13H2,1-5H3/b8-6-,14-10?/t9-,11-/m0/s1. The predicted octanol–water partition coefficient (Wildman–Crippen LogP) is 1.54. The predicted molar refractivity (Wildman–Crippen MR) is 68.0 cm³/mol. The lowest BCUT2D eigenvalue weighted by Crippen LogP contribution is -2.41. The van der Waals surface area contributed by atoms with Crippen LogP contribution in [0.3, 0.4) is 0 Å². The summed E-state index contributed by atoms with van der Waals surface area (Å²) in [5.41, 5.74) is 6.99. The minimum atomic E-state index is -0.339. The van der Waals surface area contributed by atoms with Crippen LogP contribution in [0.1, 0.15) is 27.7 Å². The fraction of sp³-hybridized carbons (Fsp3) is 0.667. The summed E-state index contributed by atoms with van der Waals surface area (Å²) >= 11 is 0. The van der Waals surface area contributed by atoms with Gasteiger partial charge in [0.05, 0.1) is 11.8 Å². The Balaban J connectivity index is 2.95. The van der Waals surface area contributed by atoms with Gasteiger partial charge in [0.2, 0.25) is 0 Å². The van der Waals surface area contributed by atoms with Crippen LogP contribution in [0.4, 0.5) is 4.79 Å². The van der Waals surface area contributed by atoms with Gasteiger partial charge in [0.1, 0.15) is 0 Å². The van der Waals surface area contributed by atoms with Crippen molar-refractivity contribution in [1.82, 2.24) is 4.90 Å². The molecule has 1 fully saturated rings. The van der Waals surface area contributed by atoms with Gasteiger partial charge in [-0.15, -0.1) is 0 Å². The second kappa shape index (κ2) is 5.21. The molecule has 17 heavy (non-hydrogen) atoms. The Bertz CT molecular complexity index is 357. The van der Waals surface area contributed by atoms with E-state index in [1.165, 1.54) is 0 Å². The third-order valence-electron chi connectivity index (χ3n) is 2.80. The molecule has 1 aliphatic heterocycles. The fourth-order valence-corrected chi connectivity index (χ4v) is 2.08. The maximum absolute atomic E-state index is 11.7. The van der Waals surface area contributed by atoms with Crippen LogP contribution >= 0.6 is 0 Å². The number of amides is 1. The van der Waals surface area contributed by atoms with Gasteiger partial charge in [0.25, 0.3) is 0 Å². The molecule has 0 unspecified atom stereocenters. The highest BCUT2D eigenvalue weighted by Crippen LogP contribution is 2.23. The minimum Gasteiger partial charge on any atom is -0.437 e. The van der Waals surface area contributed by atoms with Crippen LogP contribution in [-0.2, 0) is 4.74 Å². The summed E-state index contributed by atoms with van der Waals surface area (Å²) in [7, 11) is 1.67. The van der Waals surface area contributed by atoms with Gasteiger partial charge < -0.3 is 10.5 Å². The number of allylic oxidation sites excluding steroid dienone is 1. The number of hydrogen-bond donors (Lipinski definition) is 1. The molecule has 96 valence electrons. The van der Waals surface area contributed by atoms with Gasteiger partial charge in [-0.1, -0.05) is 0 Å². The summed E-state index contributed by atoms with van der Waals surface area (Å²) in [5.74, 6) is 0. The van der Waals surface area contributed by atoms with E-state index in [-0.39, 0.29) is 24.3 Å². The highest BCUT2D eigenvalue weighted by Gasteiger charge is 2.41. The summed E-state index contributed by atoms with van der Waals surface area (Å²) in [4.78, 5) is 17.6. The van der Waals surface area contributed by atoms with Crippen LogP contribution in [0.15, 0.2) is 16.8 Å². The number of cyclic esters (lactones) is 1. The first-order chi connectivity index (χ1) is 7.88. The molecule has 0 aromatic carbocycles. The fourth-order valence-electron chi connectivity index (χ4n) is 2.08. The third-order valence-corrected chi connectivity index (χ3v) is 2.80. The third kappa shape index (κ3) is 2.78. The molecule has 0 aromatic rings. The molecule has 0 saturated carbocycles. The summed E-state index contributed by atoms with van der Waals surface area (Å²) < 4.78 is 5.36. The lowest BCUT2D eigenvalue weighted by Gasteiger charge is -2.24. The van der Waals surface area contributed by atoms with Crippen molar-refractivity contribution in [1.29, 1.82) is 0 Å². The molecule has 0 radical (unpaired) electrons. The molecule has 1 rings (SSSR count). The van der Waals surface area contributed by atoms with Crippen molar-refractivity contribution in [3.8, 4) is 0 Å². The molecular weight excluding hydrogens is 218 g/mol. The van der Waals surface area contributed by atoms with Crippen molar-refractivity contribution in [3.63, 3.8) is 0 Å². The van der Waals surface area contributed by atoms with E-state index in [1.54, 1.807) is 24.9 Å². The second-order valence-electron chi connectivity index (χ2n) is 4.58. The van der Waals surface area contributed by atoms with Gasteiger partial charge in [-0.3, -0.25) is 9.89 Å². The maximum atomic E-state index is 11.7. The summed E-state index contributed by atoms with van der Waals surface area (Å²) in [5, 5.41) is 0. The summed E-state index contributed by atoms with van der Waals surface area (Å²) in [6.45, 7) is 7.67. The smallest absolute Gasteiger partial charge is 0.411 e. The molecule has 1 saturated heterocycles. The number of ether oxygens (including phenoxy) is 1. The van der Waals surface area contributed by atoms with E-state index < -0.39 is 0 Å². The first-order valence-electron chi connectivity index (χ1n) is 5.77. The SMILES string of the molecule is CN=C(/C=C(/C)N)[C@H]1OC(=O)N(C(C)C)[C@H]1C. The Morgan fingerprint density at radius 1 is 1.59 bits per heavy atom. The Morgan fingerprint density at radius 3 is 2.53 bits per heavy atom. The topological polar surface area (TPSA) is 67.9 Å². The van der Waals surface area contributed by atoms with Gasteiger partial charge in [-0.05, 0) is 33.8 Å². The van der Waals surface area contributed by atoms with E-state index in [2.05, 4.69) is 4.99 Å². The zero-order valence-corrected chi connectivity index (χ0v) is 11.1. The van der Waals surface area contributed by atoms with Crippen molar-refractivity contribution >= 4 is 11.8 Å². The quantitative estimate of drug-likeness (QED) is 0.759. The molecule has 0 aliphatic carbocycles. The molecular formula is C12H21N3O2. The zero-order chi connectivity index (χ0) is 13.2. The van der Waals surface area contributed by atoms with Crippen LogP contribution in [0.25, 0.3) is 0 Å². The van der Waals surface area contributed by atoms with E-state index >= 15 is 0 Å². The molecule has 2 atom stereocenters. The van der Waals surface area contributed by atoms with Crippen LogP contribution in [0, 0.1) is 0 Å². The maximum Gasteiger partial charge on any atom is 0.411 e. The van der Waals surface area contributed by atoms with E-state index in [4.69, 9.17) is 10.5 Å². The highest BCUT2D eigenvalue weighted by atomic mass is 16.6. The lowest BCUT2D eigenvalue weighted by atomic mass is 10.1. The Labute approximate surface area is 102 Å². The van der Waals surface area contributed by atoms with E-state index in [1.807, 2.05) is 20.8 Å². The van der Waals surface area contributed by atoms with E-state index in [9.17, 15) is 4.79 Å². The number of carbonyl (C=O) groups excluding carboxylic acids is 1. The number of nitrogens with two attached hydrogens (primary N) is 1. The molecule has 1 amide bonds. The van der Waals surface area contributed by atoms with Crippen molar-refractivity contribution in [3.05, 3.63) is 11.8 Å². The largest absolute Gasteiger partial charge is 0.437 e. The van der Waals surface area contributed by atoms with Crippen LogP contribution in [0.5, 0.6) is 0 Å². The molecule has 0 spiro atoms. The zero-order valence-electron chi connectivity index (χ0n) is 11.1. The normalized spacial score (nSPS) is 26.7. The number of hydrogen-bond acceptors (Lipinski definition) is 4. The molecule has 1 heterocycles. The molecule has 0 aromatic heterocycles. The minimum absolute atomic E-state index is 0.0307. The Kier molecular flexibility index (Phi) is 4.15. The molecule has 5 nitrogen and oxygen atoms in total. The first-order valence-corrected chi connectivity index (χ1v) is 5.77. The van der Waals surface area contributed by atoms with Crippen LogP contribution in [0.2, 0.25) is 0 Å². The average molecular weight is 239 g/mol. The Hall–Kier alpha value is -1.52. The van der Waals surface area contributed by atoms with Crippen molar-refractivity contribution in [2.24, 2.45) is 10.7 Å². The second-order valence-corrected chi connectivity index (χ2v) is 4.58. The number of rotatable bonds is 3. The van der Waals surface area contributed by atoms with Gasteiger partial charge in [-0.25, -0.2) is 4.79 Å². The van der Waals surface area contributed by atoms with E-state index in [0.717, 1.165) is 0 Å². The first kappa shape index (κ1) is 13.5. The Morgan fingerprint density at radius 2 is 2.18 bits per heavy atom. The van der Waals surface area contributed by atoms with Crippen molar-refractivity contribution < 1.29 is 9.53 Å². The van der Waals surface area contributed by atoms with Crippen LogP contribution < -0.4 is 5.73 Å². The van der Waals surface area contributed by atoms with Crippen molar-refractivity contribution in [2.75, 3.05) is 7.05 Å². The number of aliphatic imine (C=N–C) groups is 1. The number of carbonyl (C=O) groups is 1. The number of nitrogens with zero attached hydrogens (tertiary/aromatic N) is 2. The van der Waals surface area contributed by atoms with E-state index in [0.29, 0.717) is 11.4 Å². The van der Waals surface area contributed by atoms with Crippen molar-refractivity contribution in [2.45, 2.75) is 45.9 Å². The van der Waals surface area contributed by atoms with Gasteiger partial charge in [0, 0.05) is 18.8 Å². The summed E-state index contributed by atoms with van der Waals surface area (Å²) in [6, 6.07) is 0.0837. The molecule has 0 bridgehead atoms. The average Bonchev–Trinajstić information content (AvgIpc) is 2.50. The molecule has 1 aliphatic rings. The van der Waals surface area contributed by atoms with Gasteiger partial charge in [0.15, 0.2) is 6.10 Å². The monoisotopic (exact) mass is 239 g/mol. The summed E-state index contributed by atoms with van der Waals surface area (Å²) in [6.07, 6.45) is 1.12. The highest BCUT2D eigenvalue weighted by molar-refractivity contribution is 6.01. The lowest BCUT2D eigenvalue weighted by molar-refractivity contribution is 0.144. The molecule has 2 N–H and O–H groups in total. The van der Waals surface area contributed by atoms with Crippen LogP contribution in [-0.4, -0.2) is 41.9 Å². The van der Waals surface area contributed by atoms with Gasteiger partial charge in [-0.2, -0.15) is 0 Å². The molecule has 5 heteroatoms. The van der Waals surface area contributed by atoms with Gasteiger partial charge >= 0.3 is 6.09 Å².